The van der Waals surface area contributed by atoms with Crippen LogP contribution < -0.4 is 10.6 Å². The van der Waals surface area contributed by atoms with E-state index in [1.165, 1.54) is 0 Å². The Hall–Kier alpha value is -4.79. The molecule has 0 radical (unpaired) electrons. The van der Waals surface area contributed by atoms with Gasteiger partial charge in [-0.1, -0.05) is 49.4 Å². The fourth-order valence-electron chi connectivity index (χ4n) is 3.97. The third kappa shape index (κ3) is 6.12. The normalized spacial score (nSPS) is 12.7. The summed E-state index contributed by atoms with van der Waals surface area (Å²) in [7, 11) is 0. The van der Waals surface area contributed by atoms with Crippen LogP contribution >= 0.6 is 0 Å². The summed E-state index contributed by atoms with van der Waals surface area (Å²) in [6.45, 7) is 6.23. The molecule has 0 unspecified atom stereocenters. The Bertz CT molecular complexity index is 1460. The lowest BCUT2D eigenvalue weighted by Gasteiger charge is -2.21. The number of carbonyl (C=O) groups excluding carboxylic acids is 1. The van der Waals surface area contributed by atoms with E-state index in [9.17, 15) is 10.1 Å². The van der Waals surface area contributed by atoms with Crippen molar-refractivity contribution in [3.8, 4) is 23.3 Å². The first-order valence-electron chi connectivity index (χ1n) is 12.3. The van der Waals surface area contributed by atoms with Gasteiger partial charge in [-0.3, -0.25) is 9.48 Å². The fourth-order valence-corrected chi connectivity index (χ4v) is 3.97. The van der Waals surface area contributed by atoms with Crippen LogP contribution in [-0.4, -0.2) is 27.2 Å². The van der Waals surface area contributed by atoms with Crippen molar-refractivity contribution < 1.29 is 4.79 Å². The van der Waals surface area contributed by atoms with E-state index in [1.807, 2.05) is 54.7 Å². The fraction of sp³-hybridized carbons (Fsp3) is 0.233. The average molecular weight is 504 g/mol. The van der Waals surface area contributed by atoms with Crippen molar-refractivity contribution >= 4 is 11.7 Å². The zero-order valence-electron chi connectivity index (χ0n) is 21.6. The minimum Gasteiger partial charge on any atom is -0.309 e. The summed E-state index contributed by atoms with van der Waals surface area (Å²) < 4.78 is 1.62. The van der Waals surface area contributed by atoms with Gasteiger partial charge in [-0.25, -0.2) is 4.98 Å². The Labute approximate surface area is 222 Å². The van der Waals surface area contributed by atoms with E-state index in [-0.39, 0.29) is 11.8 Å². The Morgan fingerprint density at radius 2 is 1.71 bits per heavy atom. The number of aromatic nitrogens is 3. The molecule has 1 amide bonds. The van der Waals surface area contributed by atoms with Gasteiger partial charge in [0.1, 0.15) is 17.4 Å². The highest BCUT2D eigenvalue weighted by molar-refractivity contribution is 5.95. The number of rotatable bonds is 9. The van der Waals surface area contributed by atoms with E-state index in [2.05, 4.69) is 39.8 Å². The third-order valence-corrected chi connectivity index (χ3v) is 6.41. The van der Waals surface area contributed by atoms with Crippen molar-refractivity contribution in [3.63, 3.8) is 0 Å². The first-order valence-corrected chi connectivity index (χ1v) is 12.3. The van der Waals surface area contributed by atoms with Crippen LogP contribution in [0.3, 0.4) is 0 Å². The molecule has 8 nitrogen and oxygen atoms in total. The number of carbonyl (C=O) groups is 1. The predicted octanol–water partition coefficient (Wildman–Crippen LogP) is 5.15. The number of nitrogens with one attached hydrogen (secondary N) is 2. The maximum atomic E-state index is 13.4. The summed E-state index contributed by atoms with van der Waals surface area (Å²) in [6, 6.07) is 24.5. The minimum absolute atomic E-state index is 0.131. The molecule has 190 valence electrons. The first-order chi connectivity index (χ1) is 18.3. The minimum atomic E-state index is -0.753. The molecule has 0 fully saturated rings. The van der Waals surface area contributed by atoms with Crippen LogP contribution in [0, 0.1) is 22.7 Å². The maximum absolute atomic E-state index is 13.4. The molecule has 0 spiro atoms. The molecule has 4 rings (SSSR count). The van der Waals surface area contributed by atoms with Crippen LogP contribution in [0.2, 0.25) is 0 Å². The quantitative estimate of drug-likeness (QED) is 0.326. The number of hydrogen-bond donors (Lipinski definition) is 2. The monoisotopic (exact) mass is 503 g/mol. The van der Waals surface area contributed by atoms with Crippen molar-refractivity contribution in [1.29, 1.82) is 10.5 Å². The van der Waals surface area contributed by atoms with Crippen molar-refractivity contribution in [3.05, 3.63) is 102 Å². The van der Waals surface area contributed by atoms with Gasteiger partial charge in [-0.2, -0.15) is 15.6 Å². The third-order valence-electron chi connectivity index (χ3n) is 6.41. The van der Waals surface area contributed by atoms with E-state index >= 15 is 0 Å². The van der Waals surface area contributed by atoms with E-state index in [4.69, 9.17) is 5.26 Å². The van der Waals surface area contributed by atoms with Crippen LogP contribution in [0.1, 0.15) is 49.4 Å². The molecule has 0 bridgehead atoms. The molecule has 38 heavy (non-hydrogen) atoms. The Kier molecular flexibility index (Phi) is 7.96. The van der Waals surface area contributed by atoms with Crippen LogP contribution in [0.4, 0.5) is 5.82 Å². The van der Waals surface area contributed by atoms with E-state index < -0.39 is 11.6 Å². The van der Waals surface area contributed by atoms with Crippen LogP contribution in [-0.2, 0) is 10.3 Å². The van der Waals surface area contributed by atoms with Gasteiger partial charge in [0.05, 0.1) is 23.9 Å². The SMILES string of the molecule is C[C@H](CN[C@@H](C(=O)Nc1ccc(-c2cnn(C(C)(C)C#N)c2)cn1)c1ccccc1)c1ccc(C#N)cc1. The lowest BCUT2D eigenvalue weighted by Crippen LogP contribution is -2.35. The molecule has 0 aliphatic heterocycles. The predicted molar refractivity (Wildman–Crippen MR) is 146 cm³/mol. The number of nitriles is 2. The van der Waals surface area contributed by atoms with Gasteiger partial charge in [0.25, 0.3) is 0 Å². The number of nitrogens with zero attached hydrogens (tertiary/aromatic N) is 5. The van der Waals surface area contributed by atoms with E-state index in [0.29, 0.717) is 17.9 Å². The molecule has 2 aromatic carbocycles. The van der Waals surface area contributed by atoms with E-state index in [0.717, 1.165) is 22.3 Å². The molecular formula is C30H29N7O. The van der Waals surface area contributed by atoms with Crippen LogP contribution in [0.15, 0.2) is 85.3 Å². The summed E-state index contributed by atoms with van der Waals surface area (Å²) in [5.74, 6) is 0.351. The summed E-state index contributed by atoms with van der Waals surface area (Å²) in [5, 5.41) is 29.0. The lowest BCUT2D eigenvalue weighted by molar-refractivity contribution is -0.118. The summed E-state index contributed by atoms with van der Waals surface area (Å²) in [5.41, 5.74) is 3.46. The molecule has 0 saturated heterocycles. The maximum Gasteiger partial charge on any atom is 0.247 e. The van der Waals surface area contributed by atoms with Crippen molar-refractivity contribution in [2.24, 2.45) is 0 Å². The van der Waals surface area contributed by atoms with Gasteiger partial charge in [0, 0.05) is 30.1 Å². The van der Waals surface area contributed by atoms with Gasteiger partial charge < -0.3 is 10.6 Å². The van der Waals surface area contributed by atoms with E-state index in [1.54, 1.807) is 49.1 Å². The largest absolute Gasteiger partial charge is 0.309 e. The highest BCUT2D eigenvalue weighted by atomic mass is 16.2. The number of amides is 1. The second kappa shape index (κ2) is 11.5. The zero-order chi connectivity index (χ0) is 27.1. The number of anilines is 1. The molecule has 2 N–H and O–H groups in total. The number of hydrogen-bond acceptors (Lipinski definition) is 6. The lowest BCUT2D eigenvalue weighted by atomic mass is 9.98. The molecule has 0 aliphatic rings. The summed E-state index contributed by atoms with van der Waals surface area (Å²) >= 11 is 0. The summed E-state index contributed by atoms with van der Waals surface area (Å²) in [6.07, 6.45) is 5.18. The number of benzene rings is 2. The van der Waals surface area contributed by atoms with Gasteiger partial charge in [-0.15, -0.1) is 0 Å². The van der Waals surface area contributed by atoms with Gasteiger partial charge in [0.15, 0.2) is 0 Å². The first kappa shape index (κ1) is 26.3. The molecule has 4 aromatic rings. The van der Waals surface area contributed by atoms with Gasteiger partial charge >= 0.3 is 0 Å². The molecule has 8 heteroatoms. The Morgan fingerprint density at radius 3 is 2.34 bits per heavy atom. The Balaban J connectivity index is 1.46. The molecule has 2 atom stereocenters. The second-order valence-electron chi connectivity index (χ2n) is 9.65. The smallest absolute Gasteiger partial charge is 0.247 e. The topological polar surface area (TPSA) is 119 Å². The van der Waals surface area contributed by atoms with Crippen molar-refractivity contribution in [2.45, 2.75) is 38.3 Å². The molecular weight excluding hydrogens is 474 g/mol. The van der Waals surface area contributed by atoms with Gasteiger partial charge in [0.2, 0.25) is 5.91 Å². The van der Waals surface area contributed by atoms with Crippen LogP contribution in [0.5, 0.6) is 0 Å². The highest BCUT2D eigenvalue weighted by Gasteiger charge is 2.23. The molecule has 2 aromatic heterocycles. The number of pyridine rings is 1. The van der Waals surface area contributed by atoms with Crippen molar-refractivity contribution in [2.75, 3.05) is 11.9 Å². The second-order valence-corrected chi connectivity index (χ2v) is 9.65. The zero-order valence-corrected chi connectivity index (χ0v) is 21.6. The Morgan fingerprint density at radius 1 is 0.974 bits per heavy atom. The average Bonchev–Trinajstić information content (AvgIpc) is 3.45. The van der Waals surface area contributed by atoms with Crippen LogP contribution in [0.25, 0.3) is 11.1 Å². The molecule has 0 aliphatic carbocycles. The summed E-state index contributed by atoms with van der Waals surface area (Å²) in [4.78, 5) is 17.8. The molecule has 2 heterocycles. The standard InChI is InChI=1S/C30H29N7O/c1-21(23-11-9-22(15-31)10-12-23)16-34-28(24-7-5-4-6-8-24)29(38)36-27-14-13-25(17-33-27)26-18-35-37(19-26)30(2,3)20-32/h4-14,17-19,21,28,34H,16H2,1-3H3,(H,33,36,38)/t21-,28-/m1/s1. The van der Waals surface area contributed by atoms with Crippen molar-refractivity contribution in [1.82, 2.24) is 20.1 Å². The molecule has 0 saturated carbocycles. The van der Waals surface area contributed by atoms with Gasteiger partial charge in [-0.05, 0) is 55.2 Å². The highest BCUT2D eigenvalue weighted by Crippen LogP contribution is 2.23.